The Hall–Kier alpha value is -1.79. The molecule has 0 aromatic heterocycles. The lowest BCUT2D eigenvalue weighted by Gasteiger charge is -2.39. The molecule has 2 atom stereocenters. The highest BCUT2D eigenvalue weighted by molar-refractivity contribution is 5.77. The third kappa shape index (κ3) is 2.66. The Balaban J connectivity index is 1.46. The lowest BCUT2D eigenvalue weighted by molar-refractivity contribution is -0.184. The summed E-state index contributed by atoms with van der Waals surface area (Å²) in [6.45, 7) is 1.92. The van der Waals surface area contributed by atoms with Gasteiger partial charge in [0, 0.05) is 19.4 Å². The third-order valence-corrected chi connectivity index (χ3v) is 5.11. The van der Waals surface area contributed by atoms with Crippen molar-refractivity contribution in [1.29, 1.82) is 0 Å². The van der Waals surface area contributed by atoms with Gasteiger partial charge in [0.1, 0.15) is 5.75 Å². The van der Waals surface area contributed by atoms with Gasteiger partial charge in [0.2, 0.25) is 0 Å². The molecule has 1 spiro atoms. The summed E-state index contributed by atoms with van der Waals surface area (Å²) in [5.41, 5.74) is 1.11. The van der Waals surface area contributed by atoms with E-state index in [0.717, 1.165) is 30.6 Å². The number of urea groups is 1. The van der Waals surface area contributed by atoms with Crippen molar-refractivity contribution in [2.45, 2.75) is 43.7 Å². The van der Waals surface area contributed by atoms with Gasteiger partial charge in [-0.25, -0.2) is 4.79 Å². The van der Waals surface area contributed by atoms with Crippen LogP contribution >= 0.6 is 0 Å². The van der Waals surface area contributed by atoms with E-state index in [4.69, 9.17) is 14.2 Å². The van der Waals surface area contributed by atoms with Crippen LogP contribution in [0.15, 0.2) is 24.3 Å². The van der Waals surface area contributed by atoms with Gasteiger partial charge in [-0.3, -0.25) is 0 Å². The molecule has 23 heavy (non-hydrogen) atoms. The third-order valence-electron chi connectivity index (χ3n) is 5.11. The van der Waals surface area contributed by atoms with Gasteiger partial charge in [-0.05, 0) is 24.1 Å². The number of nitrogens with zero attached hydrogens (tertiary/aromatic N) is 1. The number of rotatable bonds is 3. The quantitative estimate of drug-likeness (QED) is 0.924. The summed E-state index contributed by atoms with van der Waals surface area (Å²) in [4.78, 5) is 14.3. The van der Waals surface area contributed by atoms with Crippen molar-refractivity contribution in [2.24, 2.45) is 0 Å². The second-order valence-corrected chi connectivity index (χ2v) is 6.45. The van der Waals surface area contributed by atoms with Crippen molar-refractivity contribution in [3.8, 4) is 5.75 Å². The fraction of sp³-hybridized carbons (Fsp3) is 0.588. The van der Waals surface area contributed by atoms with Crippen LogP contribution in [0.1, 0.15) is 24.8 Å². The topological polar surface area (TPSA) is 60.0 Å². The van der Waals surface area contributed by atoms with E-state index in [2.05, 4.69) is 5.32 Å². The fourth-order valence-electron chi connectivity index (χ4n) is 3.93. The van der Waals surface area contributed by atoms with E-state index in [1.807, 2.05) is 29.2 Å². The predicted octanol–water partition coefficient (Wildman–Crippen LogP) is 1.88. The summed E-state index contributed by atoms with van der Waals surface area (Å²) in [6.07, 6.45) is 2.49. The van der Waals surface area contributed by atoms with Crippen molar-refractivity contribution < 1.29 is 19.0 Å². The average Bonchev–Trinajstić information content (AvgIpc) is 3.13. The van der Waals surface area contributed by atoms with Crippen LogP contribution in [-0.2, 0) is 16.0 Å². The Labute approximate surface area is 135 Å². The van der Waals surface area contributed by atoms with Crippen LogP contribution in [0.2, 0.25) is 0 Å². The summed E-state index contributed by atoms with van der Waals surface area (Å²) in [7, 11) is 1.65. The maximum absolute atomic E-state index is 12.4. The Kier molecular flexibility index (Phi) is 3.66. The summed E-state index contributed by atoms with van der Waals surface area (Å²) in [5, 5.41) is 3.10. The van der Waals surface area contributed by atoms with Gasteiger partial charge in [-0.2, -0.15) is 0 Å². The van der Waals surface area contributed by atoms with E-state index in [9.17, 15) is 4.79 Å². The number of carbonyl (C=O) groups is 1. The van der Waals surface area contributed by atoms with E-state index in [0.29, 0.717) is 19.8 Å². The number of ether oxygens (including phenoxy) is 3. The van der Waals surface area contributed by atoms with Gasteiger partial charge in [-0.15, -0.1) is 0 Å². The highest BCUT2D eigenvalue weighted by Crippen LogP contribution is 2.40. The zero-order chi connectivity index (χ0) is 15.9. The first-order valence-electron chi connectivity index (χ1n) is 8.17. The molecule has 0 unspecified atom stereocenters. The highest BCUT2D eigenvalue weighted by Gasteiger charge is 2.51. The van der Waals surface area contributed by atoms with Gasteiger partial charge in [-0.1, -0.05) is 12.1 Å². The fourth-order valence-corrected chi connectivity index (χ4v) is 3.93. The summed E-state index contributed by atoms with van der Waals surface area (Å²) in [5.74, 6) is 0.359. The number of nitrogens with one attached hydrogen (secondary N) is 1. The molecular formula is C17H22N2O4. The summed E-state index contributed by atoms with van der Waals surface area (Å²) >= 11 is 0. The van der Waals surface area contributed by atoms with E-state index in [1.54, 1.807) is 7.11 Å². The molecule has 4 rings (SSSR count). The van der Waals surface area contributed by atoms with E-state index < -0.39 is 5.79 Å². The average molecular weight is 318 g/mol. The lowest BCUT2D eigenvalue weighted by atomic mass is 9.86. The van der Waals surface area contributed by atoms with Crippen LogP contribution in [-0.4, -0.2) is 49.1 Å². The lowest BCUT2D eigenvalue weighted by Crippen LogP contribution is -2.49. The van der Waals surface area contributed by atoms with Crippen LogP contribution < -0.4 is 10.1 Å². The van der Waals surface area contributed by atoms with E-state index in [-0.39, 0.29) is 18.1 Å². The molecule has 1 saturated carbocycles. The van der Waals surface area contributed by atoms with Crippen molar-refractivity contribution >= 4 is 6.03 Å². The van der Waals surface area contributed by atoms with E-state index in [1.165, 1.54) is 0 Å². The molecule has 3 aliphatic rings. The molecule has 0 bridgehead atoms. The molecule has 1 aliphatic carbocycles. The Bertz CT molecular complexity index is 583. The molecule has 1 aromatic rings. The minimum Gasteiger partial charge on any atom is -0.497 e. The molecule has 124 valence electrons. The first-order valence-corrected chi connectivity index (χ1v) is 8.17. The highest BCUT2D eigenvalue weighted by atomic mass is 16.7. The SMILES string of the molecule is COc1ccc(CN2C(=O)N[C@@H]3CC4(CC[C@H]32)OCCO4)cc1. The first kappa shape index (κ1) is 14.8. The van der Waals surface area contributed by atoms with Gasteiger partial charge in [0.05, 0.1) is 32.4 Å². The van der Waals surface area contributed by atoms with Crippen LogP contribution in [0.25, 0.3) is 0 Å². The van der Waals surface area contributed by atoms with E-state index >= 15 is 0 Å². The number of hydrogen-bond donors (Lipinski definition) is 1. The van der Waals surface area contributed by atoms with Crippen molar-refractivity contribution in [3.05, 3.63) is 29.8 Å². The second kappa shape index (κ2) is 5.69. The Morgan fingerprint density at radius 3 is 2.74 bits per heavy atom. The molecule has 6 nitrogen and oxygen atoms in total. The molecule has 1 N–H and O–H groups in total. The first-order chi connectivity index (χ1) is 11.2. The number of methoxy groups -OCH3 is 1. The molecule has 2 saturated heterocycles. The molecule has 6 heteroatoms. The van der Waals surface area contributed by atoms with Crippen LogP contribution in [0.5, 0.6) is 5.75 Å². The summed E-state index contributed by atoms with van der Waals surface area (Å²) in [6, 6.07) is 8.19. The van der Waals surface area contributed by atoms with Crippen molar-refractivity contribution in [1.82, 2.24) is 10.2 Å². The minimum absolute atomic E-state index is 0.00543. The van der Waals surface area contributed by atoms with Crippen molar-refractivity contribution in [2.75, 3.05) is 20.3 Å². The number of fused-ring (bicyclic) bond motifs is 1. The van der Waals surface area contributed by atoms with Gasteiger partial charge < -0.3 is 24.4 Å². The van der Waals surface area contributed by atoms with Crippen molar-refractivity contribution in [3.63, 3.8) is 0 Å². The van der Waals surface area contributed by atoms with Crippen LogP contribution in [0, 0.1) is 0 Å². The second-order valence-electron chi connectivity index (χ2n) is 6.45. The number of carbonyl (C=O) groups excluding carboxylic acids is 1. The Morgan fingerprint density at radius 2 is 2.04 bits per heavy atom. The zero-order valence-electron chi connectivity index (χ0n) is 13.3. The molecule has 2 amide bonds. The van der Waals surface area contributed by atoms with Crippen LogP contribution in [0.3, 0.4) is 0 Å². The molecule has 3 fully saturated rings. The number of amides is 2. The monoisotopic (exact) mass is 318 g/mol. The Morgan fingerprint density at radius 1 is 1.30 bits per heavy atom. The number of hydrogen-bond acceptors (Lipinski definition) is 4. The van der Waals surface area contributed by atoms with Gasteiger partial charge in [0.15, 0.2) is 5.79 Å². The molecular weight excluding hydrogens is 296 g/mol. The maximum Gasteiger partial charge on any atom is 0.318 e. The molecule has 2 heterocycles. The predicted molar refractivity (Wildman–Crippen MR) is 83.1 cm³/mol. The number of benzene rings is 1. The molecule has 2 aliphatic heterocycles. The minimum atomic E-state index is -0.468. The van der Waals surface area contributed by atoms with Gasteiger partial charge >= 0.3 is 6.03 Å². The largest absolute Gasteiger partial charge is 0.497 e. The smallest absolute Gasteiger partial charge is 0.318 e. The zero-order valence-corrected chi connectivity index (χ0v) is 13.3. The maximum atomic E-state index is 12.4. The molecule has 0 radical (unpaired) electrons. The van der Waals surface area contributed by atoms with Gasteiger partial charge in [0.25, 0.3) is 0 Å². The summed E-state index contributed by atoms with van der Waals surface area (Å²) < 4.78 is 16.8. The normalized spacial score (nSPS) is 28.7. The van der Waals surface area contributed by atoms with Crippen LogP contribution in [0.4, 0.5) is 4.79 Å². The molecule has 1 aromatic carbocycles. The standard InChI is InChI=1S/C17H22N2O4/c1-21-13-4-2-12(3-5-13)11-19-15-6-7-17(22-8-9-23-17)10-14(15)18-16(19)20/h2-5,14-15H,6-11H2,1H3,(H,18,20)/t14-,15-/m1/s1.